The number of rotatable bonds is 4. The van der Waals surface area contributed by atoms with E-state index < -0.39 is 0 Å². The van der Waals surface area contributed by atoms with Gasteiger partial charge >= 0.3 is 0 Å². The van der Waals surface area contributed by atoms with Gasteiger partial charge in [-0.05, 0) is 24.3 Å². The van der Waals surface area contributed by atoms with Crippen molar-refractivity contribution in [2.24, 2.45) is 0 Å². The molecule has 7 heteroatoms. The second kappa shape index (κ2) is 8.41. The minimum Gasteiger partial charge on any atom is -0.495 e. The molecule has 3 rings (SSSR count). The normalized spacial score (nSPS) is 9.61. The zero-order chi connectivity index (χ0) is 14.7. The van der Waals surface area contributed by atoms with Crippen molar-refractivity contribution in [1.82, 2.24) is 9.55 Å². The van der Waals surface area contributed by atoms with Crippen LogP contribution in [-0.4, -0.2) is 16.7 Å². The molecule has 0 saturated carbocycles. The van der Waals surface area contributed by atoms with E-state index in [1.807, 2.05) is 42.5 Å². The minimum atomic E-state index is -0.0667. The van der Waals surface area contributed by atoms with Crippen molar-refractivity contribution in [2.75, 3.05) is 12.4 Å². The number of ether oxygens (including phenoxy) is 1. The molecule has 0 aliphatic heterocycles. The Labute approximate surface area is 146 Å². The number of methoxy groups -OCH3 is 1. The summed E-state index contributed by atoms with van der Waals surface area (Å²) in [6, 6.07) is 14.9. The molecule has 5 nitrogen and oxygen atoms in total. The highest BCUT2D eigenvalue weighted by Crippen LogP contribution is 2.22. The molecule has 1 N–H and O–H groups in total. The first-order valence-corrected chi connectivity index (χ1v) is 6.60. The Morgan fingerprint density at radius 2 is 1.78 bits per heavy atom. The van der Waals surface area contributed by atoms with E-state index in [1.54, 1.807) is 19.5 Å². The van der Waals surface area contributed by atoms with Gasteiger partial charge in [-0.3, -0.25) is 9.36 Å². The van der Waals surface area contributed by atoms with Gasteiger partial charge in [0.15, 0.2) is 0 Å². The summed E-state index contributed by atoms with van der Waals surface area (Å²) in [6.07, 6.45) is 1.55. The summed E-state index contributed by atoms with van der Waals surface area (Å²) in [6.45, 7) is 0.330. The molecule has 0 atom stereocenters. The van der Waals surface area contributed by atoms with Crippen LogP contribution in [0.2, 0.25) is 0 Å². The summed E-state index contributed by atoms with van der Waals surface area (Å²) in [5.74, 6) is 0.735. The van der Waals surface area contributed by atoms with Crippen LogP contribution in [0.5, 0.6) is 5.75 Å². The number of halogens is 2. The Morgan fingerprint density at radius 1 is 1.09 bits per heavy atom. The fraction of sp³-hybridized carbons (Fsp3) is 0.125. The van der Waals surface area contributed by atoms with Crippen LogP contribution >= 0.6 is 24.8 Å². The molecule has 122 valence electrons. The lowest BCUT2D eigenvalue weighted by Crippen LogP contribution is -2.24. The van der Waals surface area contributed by atoms with Gasteiger partial charge in [0.1, 0.15) is 5.75 Å². The third-order valence-corrected chi connectivity index (χ3v) is 3.28. The number of fused-ring (bicyclic) bond motifs is 1. The predicted octanol–water partition coefficient (Wildman–Crippen LogP) is 3.32. The monoisotopic (exact) mass is 353 g/mol. The molecular formula is C16H17Cl2N3O2. The van der Waals surface area contributed by atoms with E-state index in [4.69, 9.17) is 4.74 Å². The summed E-state index contributed by atoms with van der Waals surface area (Å²) in [7, 11) is 1.62. The number of aromatic nitrogens is 2. The topological polar surface area (TPSA) is 56.1 Å². The molecule has 2 aromatic carbocycles. The van der Waals surface area contributed by atoms with Crippen LogP contribution < -0.4 is 15.6 Å². The quantitative estimate of drug-likeness (QED) is 0.781. The fourth-order valence-electron chi connectivity index (χ4n) is 2.18. The maximum Gasteiger partial charge on any atom is 0.262 e. The smallest absolute Gasteiger partial charge is 0.262 e. The van der Waals surface area contributed by atoms with E-state index in [0.717, 1.165) is 11.4 Å². The van der Waals surface area contributed by atoms with Crippen molar-refractivity contribution in [2.45, 2.75) is 6.67 Å². The maximum atomic E-state index is 12.4. The summed E-state index contributed by atoms with van der Waals surface area (Å²) in [4.78, 5) is 16.6. The molecule has 1 heterocycles. The van der Waals surface area contributed by atoms with Crippen molar-refractivity contribution in [3.63, 3.8) is 0 Å². The molecule has 0 saturated heterocycles. The van der Waals surface area contributed by atoms with Crippen molar-refractivity contribution in [1.29, 1.82) is 0 Å². The van der Waals surface area contributed by atoms with Gasteiger partial charge in [0.25, 0.3) is 5.56 Å². The number of para-hydroxylation sites is 3. The van der Waals surface area contributed by atoms with E-state index in [0.29, 0.717) is 17.6 Å². The van der Waals surface area contributed by atoms with E-state index in [1.165, 1.54) is 4.57 Å². The average molecular weight is 354 g/mol. The molecule has 0 aliphatic carbocycles. The highest BCUT2D eigenvalue weighted by molar-refractivity contribution is 5.85. The molecule has 0 aliphatic rings. The van der Waals surface area contributed by atoms with Crippen molar-refractivity contribution in [3.8, 4) is 5.75 Å². The zero-order valence-electron chi connectivity index (χ0n) is 12.4. The average Bonchev–Trinajstić information content (AvgIpc) is 2.55. The SMILES string of the molecule is COc1ccccc1NCn1cnc2ccccc2c1=O.Cl.Cl. The van der Waals surface area contributed by atoms with Gasteiger partial charge < -0.3 is 10.1 Å². The van der Waals surface area contributed by atoms with Gasteiger partial charge in [-0.2, -0.15) is 0 Å². The number of nitrogens with one attached hydrogen (secondary N) is 1. The molecule has 3 aromatic rings. The minimum absolute atomic E-state index is 0. The molecular weight excluding hydrogens is 337 g/mol. The number of anilines is 1. The molecule has 0 fully saturated rings. The number of hydrogen-bond donors (Lipinski definition) is 1. The van der Waals surface area contributed by atoms with Crippen molar-refractivity contribution < 1.29 is 4.74 Å². The Kier molecular flexibility index (Phi) is 6.88. The molecule has 0 spiro atoms. The molecule has 1 aromatic heterocycles. The van der Waals surface area contributed by atoms with Crippen molar-refractivity contribution >= 4 is 41.4 Å². The second-order valence-electron chi connectivity index (χ2n) is 4.57. The zero-order valence-corrected chi connectivity index (χ0v) is 14.1. The van der Waals surface area contributed by atoms with Crippen LogP contribution in [0.1, 0.15) is 0 Å². The van der Waals surface area contributed by atoms with Gasteiger partial charge in [-0.15, -0.1) is 24.8 Å². The Morgan fingerprint density at radius 3 is 2.57 bits per heavy atom. The third-order valence-electron chi connectivity index (χ3n) is 3.28. The first-order valence-electron chi connectivity index (χ1n) is 6.60. The van der Waals surface area contributed by atoms with E-state index in [9.17, 15) is 4.79 Å². The largest absolute Gasteiger partial charge is 0.495 e. The van der Waals surface area contributed by atoms with E-state index in [2.05, 4.69) is 10.3 Å². The maximum absolute atomic E-state index is 12.4. The summed E-state index contributed by atoms with van der Waals surface area (Å²) in [5, 5.41) is 3.80. The van der Waals surface area contributed by atoms with Gasteiger partial charge in [0.05, 0.1) is 36.7 Å². The van der Waals surface area contributed by atoms with Crippen LogP contribution in [-0.2, 0) is 6.67 Å². The van der Waals surface area contributed by atoms with Crippen LogP contribution in [0.25, 0.3) is 10.9 Å². The third kappa shape index (κ3) is 3.94. The Hall–Kier alpha value is -2.24. The van der Waals surface area contributed by atoms with Gasteiger partial charge in [0.2, 0.25) is 0 Å². The number of hydrogen-bond acceptors (Lipinski definition) is 4. The van der Waals surface area contributed by atoms with Gasteiger partial charge in [0, 0.05) is 0 Å². The highest BCUT2D eigenvalue weighted by atomic mass is 35.5. The van der Waals surface area contributed by atoms with E-state index >= 15 is 0 Å². The molecule has 0 amide bonds. The number of benzene rings is 2. The molecule has 0 bridgehead atoms. The van der Waals surface area contributed by atoms with Crippen LogP contribution in [0.15, 0.2) is 59.7 Å². The lowest BCUT2D eigenvalue weighted by molar-refractivity contribution is 0.416. The lowest BCUT2D eigenvalue weighted by atomic mass is 10.2. The van der Waals surface area contributed by atoms with Crippen LogP contribution in [0.4, 0.5) is 5.69 Å². The van der Waals surface area contributed by atoms with Gasteiger partial charge in [-0.1, -0.05) is 24.3 Å². The lowest BCUT2D eigenvalue weighted by Gasteiger charge is -2.12. The summed E-state index contributed by atoms with van der Waals surface area (Å²) in [5.41, 5.74) is 1.47. The van der Waals surface area contributed by atoms with Crippen LogP contribution in [0.3, 0.4) is 0 Å². The summed E-state index contributed by atoms with van der Waals surface area (Å²) < 4.78 is 6.81. The Balaban J connectivity index is 0.00000132. The van der Waals surface area contributed by atoms with E-state index in [-0.39, 0.29) is 30.4 Å². The predicted molar refractivity (Wildman–Crippen MR) is 97.1 cm³/mol. The fourth-order valence-corrected chi connectivity index (χ4v) is 2.18. The second-order valence-corrected chi connectivity index (χ2v) is 4.57. The van der Waals surface area contributed by atoms with Gasteiger partial charge in [-0.25, -0.2) is 4.98 Å². The first-order chi connectivity index (χ1) is 10.3. The number of nitrogens with zero attached hydrogens (tertiary/aromatic N) is 2. The van der Waals surface area contributed by atoms with Crippen molar-refractivity contribution in [3.05, 3.63) is 65.2 Å². The molecule has 0 unspecified atom stereocenters. The standard InChI is InChI=1S/C16H15N3O2.2ClH/c1-21-15-9-5-4-8-14(15)18-11-19-10-17-13-7-3-2-6-12(13)16(19)20;;/h2-10,18H,11H2,1H3;2*1H. The molecule has 0 radical (unpaired) electrons. The summed E-state index contributed by atoms with van der Waals surface area (Å²) >= 11 is 0. The van der Waals surface area contributed by atoms with Crippen LogP contribution in [0, 0.1) is 0 Å². The highest BCUT2D eigenvalue weighted by Gasteiger charge is 2.04. The first kappa shape index (κ1) is 18.8. The Bertz CT molecular complexity index is 837. The molecule has 23 heavy (non-hydrogen) atoms.